The molecule has 0 unspecified atom stereocenters. The standard InChI is InChI=1S/C15H19FO3/c1-9(15(18)19)10-5-6-11(13(16)8-10)7-12-3-2-4-14(12)17/h5-6,8-9,12,14,17H,2-4,7H2,1H3,(H,18,19)/t9-,12+,14-/m0/s1. The van der Waals surface area contributed by atoms with Crippen LogP contribution in [0.4, 0.5) is 4.39 Å². The summed E-state index contributed by atoms with van der Waals surface area (Å²) in [5.41, 5.74) is 1.04. The van der Waals surface area contributed by atoms with E-state index in [1.165, 1.54) is 13.0 Å². The van der Waals surface area contributed by atoms with Crippen molar-refractivity contribution in [3.05, 3.63) is 35.1 Å². The molecule has 3 atom stereocenters. The van der Waals surface area contributed by atoms with Crippen molar-refractivity contribution in [1.29, 1.82) is 0 Å². The van der Waals surface area contributed by atoms with E-state index in [0.29, 0.717) is 17.5 Å². The molecule has 1 aromatic rings. The van der Waals surface area contributed by atoms with E-state index >= 15 is 0 Å². The Morgan fingerprint density at radius 1 is 1.47 bits per heavy atom. The molecule has 1 fully saturated rings. The third-order valence-corrected chi connectivity index (χ3v) is 4.05. The molecule has 104 valence electrons. The largest absolute Gasteiger partial charge is 0.481 e. The normalized spacial score (nSPS) is 24.4. The molecule has 2 N–H and O–H groups in total. The van der Waals surface area contributed by atoms with Gasteiger partial charge in [-0.2, -0.15) is 0 Å². The third kappa shape index (κ3) is 3.13. The molecule has 3 nitrogen and oxygen atoms in total. The van der Waals surface area contributed by atoms with Crippen LogP contribution in [0.3, 0.4) is 0 Å². The first-order valence-corrected chi connectivity index (χ1v) is 6.68. The summed E-state index contributed by atoms with van der Waals surface area (Å²) in [6, 6.07) is 4.61. The zero-order valence-corrected chi connectivity index (χ0v) is 11.0. The lowest BCUT2D eigenvalue weighted by molar-refractivity contribution is -0.138. The van der Waals surface area contributed by atoms with Crippen LogP contribution in [0.1, 0.15) is 43.2 Å². The smallest absolute Gasteiger partial charge is 0.310 e. The van der Waals surface area contributed by atoms with Crippen LogP contribution in [0.5, 0.6) is 0 Å². The van der Waals surface area contributed by atoms with Crippen LogP contribution in [-0.2, 0) is 11.2 Å². The molecule has 0 aliphatic heterocycles. The number of halogens is 1. The lowest BCUT2D eigenvalue weighted by atomic mass is 9.93. The van der Waals surface area contributed by atoms with Gasteiger partial charge in [-0.25, -0.2) is 4.39 Å². The molecule has 4 heteroatoms. The van der Waals surface area contributed by atoms with Crippen LogP contribution in [0.25, 0.3) is 0 Å². The van der Waals surface area contributed by atoms with Gasteiger partial charge in [0, 0.05) is 0 Å². The van der Waals surface area contributed by atoms with Gasteiger partial charge in [-0.1, -0.05) is 18.6 Å². The van der Waals surface area contributed by atoms with E-state index in [0.717, 1.165) is 19.3 Å². The number of benzene rings is 1. The number of carboxylic acid groups (broad SMARTS) is 1. The van der Waals surface area contributed by atoms with Crippen LogP contribution in [0, 0.1) is 11.7 Å². The van der Waals surface area contributed by atoms with E-state index in [9.17, 15) is 14.3 Å². The van der Waals surface area contributed by atoms with Crippen molar-refractivity contribution in [2.45, 2.75) is 44.6 Å². The Balaban J connectivity index is 2.13. The Hall–Kier alpha value is -1.42. The Labute approximate surface area is 112 Å². The molecule has 0 saturated heterocycles. The Morgan fingerprint density at radius 3 is 2.74 bits per heavy atom. The molecule has 0 radical (unpaired) electrons. The number of hydrogen-bond acceptors (Lipinski definition) is 2. The third-order valence-electron chi connectivity index (χ3n) is 4.05. The molecule has 0 aromatic heterocycles. The number of aliphatic hydroxyl groups excluding tert-OH is 1. The van der Waals surface area contributed by atoms with E-state index in [1.54, 1.807) is 12.1 Å². The average Bonchev–Trinajstić information content (AvgIpc) is 2.76. The average molecular weight is 266 g/mol. The van der Waals surface area contributed by atoms with E-state index in [2.05, 4.69) is 0 Å². The quantitative estimate of drug-likeness (QED) is 0.881. The number of rotatable bonds is 4. The highest BCUT2D eigenvalue weighted by Crippen LogP contribution is 2.30. The molecule has 1 saturated carbocycles. The first kappa shape index (κ1) is 14.0. The minimum atomic E-state index is -0.960. The van der Waals surface area contributed by atoms with Gasteiger partial charge in [0.05, 0.1) is 12.0 Å². The summed E-state index contributed by atoms with van der Waals surface area (Å²) in [4.78, 5) is 10.9. The van der Waals surface area contributed by atoms with Crippen molar-refractivity contribution in [3.8, 4) is 0 Å². The minimum Gasteiger partial charge on any atom is -0.481 e. The molecule has 1 aliphatic rings. The lowest BCUT2D eigenvalue weighted by Crippen LogP contribution is -2.16. The van der Waals surface area contributed by atoms with Gasteiger partial charge >= 0.3 is 5.97 Å². The maximum Gasteiger partial charge on any atom is 0.310 e. The first-order valence-electron chi connectivity index (χ1n) is 6.68. The number of carbonyl (C=O) groups is 1. The molecule has 0 amide bonds. The highest BCUT2D eigenvalue weighted by molar-refractivity contribution is 5.75. The van der Waals surface area contributed by atoms with E-state index in [1.807, 2.05) is 0 Å². The van der Waals surface area contributed by atoms with Crippen molar-refractivity contribution in [2.75, 3.05) is 0 Å². The summed E-state index contributed by atoms with van der Waals surface area (Å²) in [5.74, 6) is -1.92. The Bertz CT molecular complexity index is 472. The van der Waals surface area contributed by atoms with Crippen LogP contribution < -0.4 is 0 Å². The van der Waals surface area contributed by atoms with Crippen LogP contribution in [0.15, 0.2) is 18.2 Å². The molecular formula is C15H19FO3. The maximum atomic E-state index is 14.0. The molecule has 19 heavy (non-hydrogen) atoms. The van der Waals surface area contributed by atoms with Crippen molar-refractivity contribution < 1.29 is 19.4 Å². The topological polar surface area (TPSA) is 57.5 Å². The predicted molar refractivity (Wildman–Crippen MR) is 69.5 cm³/mol. The Kier molecular flexibility index (Phi) is 4.20. The molecule has 0 spiro atoms. The van der Waals surface area contributed by atoms with E-state index in [4.69, 9.17) is 5.11 Å². The second kappa shape index (κ2) is 5.70. The van der Waals surface area contributed by atoms with E-state index in [-0.39, 0.29) is 17.8 Å². The van der Waals surface area contributed by atoms with Gasteiger partial charge in [-0.05, 0) is 49.3 Å². The molecular weight excluding hydrogens is 247 g/mol. The Morgan fingerprint density at radius 2 is 2.21 bits per heavy atom. The zero-order chi connectivity index (χ0) is 14.0. The molecule has 1 aliphatic carbocycles. The van der Waals surface area contributed by atoms with Gasteiger partial charge < -0.3 is 10.2 Å². The molecule has 0 heterocycles. The summed E-state index contributed by atoms with van der Waals surface area (Å²) in [7, 11) is 0. The molecule has 2 rings (SSSR count). The van der Waals surface area contributed by atoms with Gasteiger partial charge in [0.2, 0.25) is 0 Å². The fraction of sp³-hybridized carbons (Fsp3) is 0.533. The van der Waals surface area contributed by atoms with Gasteiger partial charge in [-0.3, -0.25) is 4.79 Å². The number of hydrogen-bond donors (Lipinski definition) is 2. The van der Waals surface area contributed by atoms with Crippen LogP contribution >= 0.6 is 0 Å². The van der Waals surface area contributed by atoms with Crippen LogP contribution in [0.2, 0.25) is 0 Å². The second-order valence-electron chi connectivity index (χ2n) is 5.37. The van der Waals surface area contributed by atoms with Gasteiger partial charge in [-0.15, -0.1) is 0 Å². The summed E-state index contributed by atoms with van der Waals surface area (Å²) in [6.45, 7) is 1.54. The lowest BCUT2D eigenvalue weighted by Gasteiger charge is -2.15. The SMILES string of the molecule is C[C@H](C(=O)O)c1ccc(C[C@H]2CCC[C@@H]2O)c(F)c1. The monoisotopic (exact) mass is 266 g/mol. The minimum absolute atomic E-state index is 0.122. The fourth-order valence-electron chi connectivity index (χ4n) is 2.68. The van der Waals surface area contributed by atoms with Gasteiger partial charge in [0.25, 0.3) is 0 Å². The first-order chi connectivity index (χ1) is 8.99. The highest BCUT2D eigenvalue weighted by Gasteiger charge is 2.26. The summed E-state index contributed by atoms with van der Waals surface area (Å²) < 4.78 is 14.0. The van der Waals surface area contributed by atoms with Gasteiger partial charge in [0.15, 0.2) is 0 Å². The van der Waals surface area contributed by atoms with Crippen molar-refractivity contribution in [3.63, 3.8) is 0 Å². The molecule has 0 bridgehead atoms. The predicted octanol–water partition coefficient (Wildman–Crippen LogP) is 2.72. The summed E-state index contributed by atoms with van der Waals surface area (Å²) in [5, 5.41) is 18.7. The zero-order valence-electron chi connectivity index (χ0n) is 11.0. The van der Waals surface area contributed by atoms with Gasteiger partial charge in [0.1, 0.15) is 5.82 Å². The fourth-order valence-corrected chi connectivity index (χ4v) is 2.68. The van der Waals surface area contributed by atoms with Crippen molar-refractivity contribution in [2.24, 2.45) is 5.92 Å². The highest BCUT2D eigenvalue weighted by atomic mass is 19.1. The number of aliphatic carboxylic acids is 1. The molecule has 1 aromatic carbocycles. The maximum absolute atomic E-state index is 14.0. The second-order valence-corrected chi connectivity index (χ2v) is 5.37. The van der Waals surface area contributed by atoms with E-state index < -0.39 is 11.9 Å². The summed E-state index contributed by atoms with van der Waals surface area (Å²) in [6.07, 6.45) is 2.89. The summed E-state index contributed by atoms with van der Waals surface area (Å²) >= 11 is 0. The van der Waals surface area contributed by atoms with Crippen molar-refractivity contribution in [1.82, 2.24) is 0 Å². The number of aliphatic hydroxyl groups is 1. The van der Waals surface area contributed by atoms with Crippen LogP contribution in [-0.4, -0.2) is 22.3 Å². The van der Waals surface area contributed by atoms with Crippen molar-refractivity contribution >= 4 is 5.97 Å². The number of carboxylic acids is 1.